The molecule has 23 heavy (non-hydrogen) atoms. The molecule has 0 N–H and O–H groups in total. The van der Waals surface area contributed by atoms with Crippen LogP contribution < -0.4 is 4.74 Å². The molecule has 1 saturated heterocycles. The lowest BCUT2D eigenvalue weighted by atomic mass is 9.83. The van der Waals surface area contributed by atoms with Crippen molar-refractivity contribution in [2.75, 3.05) is 26.2 Å². The Labute approximate surface area is 139 Å². The van der Waals surface area contributed by atoms with E-state index in [1.165, 1.54) is 16.7 Å². The first kappa shape index (κ1) is 16.1. The molecule has 3 nitrogen and oxygen atoms in total. The lowest BCUT2D eigenvalue weighted by molar-refractivity contribution is 0.146. The standard InChI is InChI=1S/C20H26N2O/c1-3-4-7-23-20-6-5-17-9-19(15(2)8-18(17)10-20)14-22-12-16(11-21)13-22/h5-6,9-10,15-16H,3-4,7-8,12-14H2,1-2H3/t15-/m1/s1. The molecule has 0 saturated carbocycles. The zero-order chi connectivity index (χ0) is 16.2. The normalized spacial score (nSPS) is 21.1. The fourth-order valence-corrected chi connectivity index (χ4v) is 3.37. The molecule has 3 rings (SSSR count). The van der Waals surface area contributed by atoms with E-state index in [9.17, 15) is 0 Å². The fraction of sp³-hybridized carbons (Fsp3) is 0.550. The van der Waals surface area contributed by atoms with Crippen molar-refractivity contribution in [3.8, 4) is 11.8 Å². The summed E-state index contributed by atoms with van der Waals surface area (Å²) >= 11 is 0. The van der Waals surface area contributed by atoms with Gasteiger partial charge in [-0.15, -0.1) is 0 Å². The van der Waals surface area contributed by atoms with Crippen LogP contribution in [0.1, 0.15) is 37.8 Å². The van der Waals surface area contributed by atoms with Crippen molar-refractivity contribution >= 4 is 6.08 Å². The lowest BCUT2D eigenvalue weighted by Crippen LogP contribution is -2.47. The molecular weight excluding hydrogens is 284 g/mol. The second-order valence-corrected chi connectivity index (χ2v) is 6.91. The summed E-state index contributed by atoms with van der Waals surface area (Å²) in [6.45, 7) is 8.16. The van der Waals surface area contributed by atoms with E-state index in [1.807, 2.05) is 0 Å². The van der Waals surface area contributed by atoms with Gasteiger partial charge in [-0.25, -0.2) is 0 Å². The highest BCUT2D eigenvalue weighted by Crippen LogP contribution is 2.32. The molecule has 0 radical (unpaired) electrons. The number of likely N-dealkylation sites (tertiary alicyclic amines) is 1. The minimum absolute atomic E-state index is 0.240. The van der Waals surface area contributed by atoms with Gasteiger partial charge in [-0.3, -0.25) is 4.90 Å². The third kappa shape index (κ3) is 3.76. The van der Waals surface area contributed by atoms with Gasteiger partial charge >= 0.3 is 0 Å². The molecule has 122 valence electrons. The van der Waals surface area contributed by atoms with Crippen LogP contribution in [0, 0.1) is 23.2 Å². The van der Waals surface area contributed by atoms with Crippen LogP contribution >= 0.6 is 0 Å². The maximum atomic E-state index is 8.89. The largest absolute Gasteiger partial charge is 0.494 e. The van der Waals surface area contributed by atoms with Crippen molar-refractivity contribution < 1.29 is 4.74 Å². The summed E-state index contributed by atoms with van der Waals surface area (Å²) in [4.78, 5) is 2.38. The molecule has 0 amide bonds. The SMILES string of the molecule is CCCCOc1ccc2c(c1)C[C@@H](C)C(CN1CC(C#N)C1)=C2. The van der Waals surface area contributed by atoms with Gasteiger partial charge in [0, 0.05) is 19.6 Å². The molecule has 1 aromatic carbocycles. The Balaban J connectivity index is 1.65. The van der Waals surface area contributed by atoms with Crippen LogP contribution in [-0.4, -0.2) is 31.1 Å². The Bertz CT molecular complexity index is 623. The van der Waals surface area contributed by atoms with E-state index in [1.54, 1.807) is 0 Å². The predicted molar refractivity (Wildman–Crippen MR) is 93.2 cm³/mol. The molecule has 0 spiro atoms. The fourth-order valence-electron chi connectivity index (χ4n) is 3.37. The van der Waals surface area contributed by atoms with Gasteiger partial charge in [0.15, 0.2) is 0 Å². The summed E-state index contributed by atoms with van der Waals surface area (Å²) < 4.78 is 5.83. The first-order chi connectivity index (χ1) is 11.2. The van der Waals surface area contributed by atoms with E-state index in [0.717, 1.165) is 51.3 Å². The van der Waals surface area contributed by atoms with Crippen molar-refractivity contribution in [1.82, 2.24) is 4.90 Å². The van der Waals surface area contributed by atoms with Gasteiger partial charge < -0.3 is 4.74 Å². The van der Waals surface area contributed by atoms with Gasteiger partial charge in [0.2, 0.25) is 0 Å². The van der Waals surface area contributed by atoms with Gasteiger partial charge in [-0.1, -0.05) is 38.0 Å². The van der Waals surface area contributed by atoms with Crippen LogP contribution in [0.2, 0.25) is 0 Å². The second kappa shape index (κ2) is 7.19. The van der Waals surface area contributed by atoms with Gasteiger partial charge in [0.25, 0.3) is 0 Å². The van der Waals surface area contributed by atoms with E-state index >= 15 is 0 Å². The van der Waals surface area contributed by atoms with Crippen LogP contribution in [0.4, 0.5) is 0 Å². The Morgan fingerprint density at radius 2 is 2.17 bits per heavy atom. The van der Waals surface area contributed by atoms with Crippen molar-refractivity contribution in [3.63, 3.8) is 0 Å². The highest BCUT2D eigenvalue weighted by atomic mass is 16.5. The van der Waals surface area contributed by atoms with E-state index in [0.29, 0.717) is 5.92 Å². The first-order valence-corrected chi connectivity index (χ1v) is 8.77. The topological polar surface area (TPSA) is 36.3 Å². The first-order valence-electron chi connectivity index (χ1n) is 8.77. The zero-order valence-corrected chi connectivity index (χ0v) is 14.2. The summed E-state index contributed by atoms with van der Waals surface area (Å²) in [5, 5.41) is 8.89. The Hall–Kier alpha value is -1.79. The molecule has 0 bridgehead atoms. The number of nitrogens with zero attached hydrogens (tertiary/aromatic N) is 2. The van der Waals surface area contributed by atoms with Crippen LogP contribution in [-0.2, 0) is 6.42 Å². The Morgan fingerprint density at radius 3 is 2.91 bits per heavy atom. The number of hydrogen-bond donors (Lipinski definition) is 0. The number of ether oxygens (including phenoxy) is 1. The molecular formula is C20H26N2O. The number of hydrogen-bond acceptors (Lipinski definition) is 3. The van der Waals surface area contributed by atoms with Crippen molar-refractivity contribution in [3.05, 3.63) is 34.9 Å². The van der Waals surface area contributed by atoms with Gasteiger partial charge in [0.1, 0.15) is 5.75 Å². The van der Waals surface area contributed by atoms with Crippen molar-refractivity contribution in [2.24, 2.45) is 11.8 Å². The quantitative estimate of drug-likeness (QED) is 0.748. The van der Waals surface area contributed by atoms with Crippen molar-refractivity contribution in [2.45, 2.75) is 33.1 Å². The minimum Gasteiger partial charge on any atom is -0.494 e. The van der Waals surface area contributed by atoms with Crippen LogP contribution in [0.25, 0.3) is 6.08 Å². The maximum absolute atomic E-state index is 8.89. The summed E-state index contributed by atoms with van der Waals surface area (Å²) in [5.41, 5.74) is 4.22. The smallest absolute Gasteiger partial charge is 0.119 e. The Kier molecular flexibility index (Phi) is 5.03. The number of unbranched alkanes of at least 4 members (excludes halogenated alkanes) is 1. The number of benzene rings is 1. The third-order valence-corrected chi connectivity index (χ3v) is 4.93. The zero-order valence-electron chi connectivity index (χ0n) is 14.2. The molecule has 1 heterocycles. The molecule has 1 aromatic rings. The molecule has 1 fully saturated rings. The van der Waals surface area contributed by atoms with E-state index in [4.69, 9.17) is 10.00 Å². The second-order valence-electron chi connectivity index (χ2n) is 6.91. The molecule has 2 aliphatic rings. The summed E-state index contributed by atoms with van der Waals surface area (Å²) in [5.74, 6) is 1.81. The molecule has 0 aromatic heterocycles. The number of nitriles is 1. The van der Waals surface area contributed by atoms with Gasteiger partial charge in [-0.2, -0.15) is 5.26 Å². The van der Waals surface area contributed by atoms with E-state index < -0.39 is 0 Å². The summed E-state index contributed by atoms with van der Waals surface area (Å²) in [7, 11) is 0. The predicted octanol–water partition coefficient (Wildman–Crippen LogP) is 3.90. The average molecular weight is 310 g/mol. The number of fused-ring (bicyclic) bond motifs is 1. The van der Waals surface area contributed by atoms with Gasteiger partial charge in [0.05, 0.1) is 18.6 Å². The third-order valence-electron chi connectivity index (χ3n) is 4.93. The maximum Gasteiger partial charge on any atom is 0.119 e. The van der Waals surface area contributed by atoms with E-state index in [-0.39, 0.29) is 5.92 Å². The molecule has 1 aliphatic heterocycles. The van der Waals surface area contributed by atoms with Crippen LogP contribution in [0.3, 0.4) is 0 Å². The van der Waals surface area contributed by atoms with Crippen LogP contribution in [0.5, 0.6) is 5.75 Å². The number of rotatable bonds is 6. The molecule has 0 unspecified atom stereocenters. The Morgan fingerprint density at radius 1 is 1.35 bits per heavy atom. The van der Waals surface area contributed by atoms with Gasteiger partial charge in [-0.05, 0) is 42.0 Å². The lowest BCUT2D eigenvalue weighted by Gasteiger charge is -2.37. The van der Waals surface area contributed by atoms with E-state index in [2.05, 4.69) is 49.1 Å². The summed E-state index contributed by atoms with van der Waals surface area (Å²) in [6, 6.07) is 8.84. The molecule has 3 heteroatoms. The average Bonchev–Trinajstić information content (AvgIpc) is 2.51. The van der Waals surface area contributed by atoms with Crippen LogP contribution in [0.15, 0.2) is 23.8 Å². The molecule has 1 aliphatic carbocycles. The monoisotopic (exact) mass is 310 g/mol. The molecule has 1 atom stereocenters. The van der Waals surface area contributed by atoms with Crippen molar-refractivity contribution in [1.29, 1.82) is 5.26 Å². The highest BCUT2D eigenvalue weighted by Gasteiger charge is 2.28. The summed E-state index contributed by atoms with van der Waals surface area (Å²) in [6.07, 6.45) is 5.70. The minimum atomic E-state index is 0.240. The highest BCUT2D eigenvalue weighted by molar-refractivity contribution is 5.62.